The summed E-state index contributed by atoms with van der Waals surface area (Å²) in [5.41, 5.74) is 7.78. The summed E-state index contributed by atoms with van der Waals surface area (Å²) in [6.45, 7) is 0.514. The van der Waals surface area contributed by atoms with Crippen molar-refractivity contribution in [3.05, 3.63) is 42.1 Å². The Labute approximate surface area is 96.9 Å². The first-order chi connectivity index (χ1) is 7.88. The highest BCUT2D eigenvalue weighted by atomic mass is 32.1. The second-order valence-corrected chi connectivity index (χ2v) is 4.71. The van der Waals surface area contributed by atoms with E-state index in [4.69, 9.17) is 5.73 Å². The Hall–Kier alpha value is -1.65. The molecule has 0 bridgehead atoms. The Morgan fingerprint density at radius 1 is 1.31 bits per heavy atom. The summed E-state index contributed by atoms with van der Waals surface area (Å²) >= 11 is 1.76. The average molecular weight is 229 g/mol. The van der Waals surface area contributed by atoms with Gasteiger partial charge in [-0.15, -0.1) is 11.3 Å². The molecule has 0 unspecified atom stereocenters. The summed E-state index contributed by atoms with van der Waals surface area (Å²) in [5, 5.41) is 8.32. The van der Waals surface area contributed by atoms with Crippen molar-refractivity contribution in [2.75, 3.05) is 0 Å². The van der Waals surface area contributed by atoms with E-state index in [1.54, 1.807) is 17.5 Å². The van der Waals surface area contributed by atoms with Crippen molar-refractivity contribution in [2.45, 2.75) is 6.54 Å². The molecular weight excluding hydrogens is 218 g/mol. The molecule has 3 aromatic rings. The molecule has 0 saturated carbocycles. The van der Waals surface area contributed by atoms with E-state index in [1.807, 2.05) is 0 Å². The van der Waals surface area contributed by atoms with E-state index in [0.29, 0.717) is 6.54 Å². The van der Waals surface area contributed by atoms with Crippen LogP contribution in [0.15, 0.2) is 36.5 Å². The van der Waals surface area contributed by atoms with Gasteiger partial charge in [0.2, 0.25) is 0 Å². The first kappa shape index (κ1) is 9.57. The number of thiophene rings is 1. The number of hydrogen-bond donors (Lipinski definition) is 2. The number of nitrogens with two attached hydrogens (primary N) is 1. The summed E-state index contributed by atoms with van der Waals surface area (Å²) in [5.74, 6) is 0. The van der Waals surface area contributed by atoms with Crippen LogP contribution >= 0.6 is 11.3 Å². The number of aromatic nitrogens is 2. The molecular formula is C12H11N3S. The van der Waals surface area contributed by atoms with Crippen molar-refractivity contribution < 1.29 is 0 Å². The Morgan fingerprint density at radius 2 is 2.19 bits per heavy atom. The highest BCUT2D eigenvalue weighted by Crippen LogP contribution is 2.33. The molecule has 1 aromatic carbocycles. The molecule has 0 fully saturated rings. The minimum absolute atomic E-state index is 0.514. The monoisotopic (exact) mass is 229 g/mol. The van der Waals surface area contributed by atoms with Crippen LogP contribution in [-0.4, -0.2) is 10.2 Å². The summed E-state index contributed by atoms with van der Waals surface area (Å²) < 4.78 is 1.29. The van der Waals surface area contributed by atoms with Crippen LogP contribution in [0.25, 0.3) is 20.7 Å². The van der Waals surface area contributed by atoms with Crippen molar-refractivity contribution in [3.8, 4) is 10.6 Å². The van der Waals surface area contributed by atoms with Gasteiger partial charge in [0, 0.05) is 16.8 Å². The van der Waals surface area contributed by atoms with Gasteiger partial charge in [-0.3, -0.25) is 5.10 Å². The minimum Gasteiger partial charge on any atom is -0.326 e. The molecule has 16 heavy (non-hydrogen) atoms. The van der Waals surface area contributed by atoms with E-state index in [0.717, 1.165) is 11.3 Å². The van der Waals surface area contributed by atoms with Gasteiger partial charge in [0.25, 0.3) is 0 Å². The lowest BCUT2D eigenvalue weighted by Gasteiger charge is -1.95. The van der Waals surface area contributed by atoms with Crippen LogP contribution < -0.4 is 5.73 Å². The lowest BCUT2D eigenvalue weighted by atomic mass is 10.2. The van der Waals surface area contributed by atoms with Crippen molar-refractivity contribution in [1.29, 1.82) is 0 Å². The zero-order chi connectivity index (χ0) is 11.0. The molecule has 0 spiro atoms. The Morgan fingerprint density at radius 3 is 3.00 bits per heavy atom. The van der Waals surface area contributed by atoms with Crippen molar-refractivity contribution in [3.63, 3.8) is 0 Å². The van der Waals surface area contributed by atoms with Crippen LogP contribution in [0.4, 0.5) is 0 Å². The summed E-state index contributed by atoms with van der Waals surface area (Å²) in [7, 11) is 0. The van der Waals surface area contributed by atoms with Crippen LogP contribution in [0, 0.1) is 0 Å². The first-order valence-electron chi connectivity index (χ1n) is 5.10. The number of H-pyrrole nitrogens is 1. The highest BCUT2D eigenvalue weighted by Gasteiger charge is 2.09. The van der Waals surface area contributed by atoms with E-state index in [9.17, 15) is 0 Å². The topological polar surface area (TPSA) is 54.7 Å². The van der Waals surface area contributed by atoms with Gasteiger partial charge in [-0.25, -0.2) is 0 Å². The van der Waals surface area contributed by atoms with Gasteiger partial charge in [-0.05, 0) is 17.5 Å². The fourth-order valence-corrected chi connectivity index (χ4v) is 2.88. The van der Waals surface area contributed by atoms with E-state index < -0.39 is 0 Å². The number of rotatable bonds is 2. The fraction of sp³-hybridized carbons (Fsp3) is 0.0833. The Kier molecular flexibility index (Phi) is 2.23. The smallest absolute Gasteiger partial charge is 0.0795 e. The van der Waals surface area contributed by atoms with Gasteiger partial charge in [0.1, 0.15) is 0 Å². The normalized spacial score (nSPS) is 11.1. The van der Waals surface area contributed by atoms with Crippen LogP contribution in [0.1, 0.15) is 5.56 Å². The lowest BCUT2D eigenvalue weighted by Crippen LogP contribution is -1.95. The van der Waals surface area contributed by atoms with E-state index in [2.05, 4.69) is 40.5 Å². The number of hydrogen-bond acceptors (Lipinski definition) is 3. The Bertz CT molecular complexity index is 591. The fourth-order valence-electron chi connectivity index (χ4n) is 1.78. The number of nitrogens with one attached hydrogen (secondary N) is 1. The molecule has 4 heteroatoms. The largest absolute Gasteiger partial charge is 0.326 e. The third-order valence-corrected chi connectivity index (χ3v) is 3.74. The standard InChI is InChI=1S/C12H11N3S/c13-6-9-7-14-15-12(9)11-5-8-3-1-2-4-10(8)16-11/h1-5,7H,6,13H2,(H,14,15). The molecule has 0 amide bonds. The molecule has 2 heterocycles. The molecule has 3 rings (SSSR count). The molecule has 0 aliphatic carbocycles. The maximum absolute atomic E-state index is 5.67. The van der Waals surface area contributed by atoms with Gasteiger partial charge < -0.3 is 5.73 Å². The first-order valence-corrected chi connectivity index (χ1v) is 5.91. The maximum atomic E-state index is 5.67. The lowest BCUT2D eigenvalue weighted by molar-refractivity contribution is 1.08. The Balaban J connectivity index is 2.19. The molecule has 0 radical (unpaired) electrons. The molecule has 0 saturated heterocycles. The van der Waals surface area contributed by atoms with E-state index >= 15 is 0 Å². The van der Waals surface area contributed by atoms with Crippen LogP contribution in [0.5, 0.6) is 0 Å². The molecule has 0 aliphatic heterocycles. The van der Waals surface area contributed by atoms with Crippen molar-refractivity contribution >= 4 is 21.4 Å². The average Bonchev–Trinajstić information content (AvgIpc) is 2.94. The number of fused-ring (bicyclic) bond motifs is 1. The zero-order valence-electron chi connectivity index (χ0n) is 8.60. The third kappa shape index (κ3) is 1.43. The predicted octanol–water partition coefficient (Wildman–Crippen LogP) is 2.75. The van der Waals surface area contributed by atoms with Gasteiger partial charge in [-0.2, -0.15) is 5.10 Å². The second-order valence-electron chi connectivity index (χ2n) is 3.62. The summed E-state index contributed by atoms with van der Waals surface area (Å²) in [6.07, 6.45) is 1.79. The highest BCUT2D eigenvalue weighted by molar-refractivity contribution is 7.22. The number of nitrogens with zero attached hydrogens (tertiary/aromatic N) is 1. The van der Waals surface area contributed by atoms with E-state index in [-0.39, 0.29) is 0 Å². The molecule has 0 atom stereocenters. The van der Waals surface area contributed by atoms with Gasteiger partial charge in [0.15, 0.2) is 0 Å². The molecule has 0 aliphatic rings. The van der Waals surface area contributed by atoms with Crippen molar-refractivity contribution in [2.24, 2.45) is 5.73 Å². The van der Waals surface area contributed by atoms with Crippen LogP contribution in [0.3, 0.4) is 0 Å². The number of benzene rings is 1. The van der Waals surface area contributed by atoms with Crippen molar-refractivity contribution in [1.82, 2.24) is 10.2 Å². The summed E-state index contributed by atoms with van der Waals surface area (Å²) in [6, 6.07) is 10.5. The second kappa shape index (κ2) is 3.73. The molecule has 2 aromatic heterocycles. The van der Waals surface area contributed by atoms with Gasteiger partial charge in [-0.1, -0.05) is 18.2 Å². The minimum atomic E-state index is 0.514. The quantitative estimate of drug-likeness (QED) is 0.710. The van der Waals surface area contributed by atoms with E-state index in [1.165, 1.54) is 15.0 Å². The van der Waals surface area contributed by atoms with Crippen LogP contribution in [-0.2, 0) is 6.54 Å². The third-order valence-electron chi connectivity index (χ3n) is 2.61. The predicted molar refractivity (Wildman–Crippen MR) is 67.3 cm³/mol. The van der Waals surface area contributed by atoms with Gasteiger partial charge in [0.05, 0.1) is 16.8 Å². The van der Waals surface area contributed by atoms with Crippen LogP contribution in [0.2, 0.25) is 0 Å². The van der Waals surface area contributed by atoms with Gasteiger partial charge >= 0.3 is 0 Å². The SMILES string of the molecule is NCc1cn[nH]c1-c1cc2ccccc2s1. The number of aromatic amines is 1. The zero-order valence-corrected chi connectivity index (χ0v) is 9.42. The molecule has 3 N–H and O–H groups in total. The maximum Gasteiger partial charge on any atom is 0.0795 e. The summed E-state index contributed by atoms with van der Waals surface area (Å²) in [4.78, 5) is 1.19. The molecule has 3 nitrogen and oxygen atoms in total. The molecule has 80 valence electrons.